The minimum Gasteiger partial charge on any atom is -0.383 e. The van der Waals surface area contributed by atoms with Crippen LogP contribution in [0.25, 0.3) is 22.3 Å². The van der Waals surface area contributed by atoms with Crippen LogP contribution in [-0.4, -0.2) is 68.2 Å². The number of unbranched alkanes of at least 4 members (excludes halogenated alkanes) is 2. The maximum Gasteiger partial charge on any atom is 0.222 e. The summed E-state index contributed by atoms with van der Waals surface area (Å²) < 4.78 is 16.0. The summed E-state index contributed by atoms with van der Waals surface area (Å²) in [5.74, 6) is -0.0756. The molecule has 1 aliphatic heterocycles. The molecule has 1 fully saturated rings. The number of nitrogens with zero attached hydrogens (tertiary/aromatic N) is 7. The summed E-state index contributed by atoms with van der Waals surface area (Å²) in [5.41, 5.74) is 7.75. The molecule has 0 aliphatic carbocycles. The Balaban J connectivity index is 1.37. The largest absolute Gasteiger partial charge is 0.383 e. The molecule has 0 atom stereocenters. The summed E-state index contributed by atoms with van der Waals surface area (Å²) in [6.07, 6.45) is 4.97. The molecule has 2 N–H and O–H groups in total. The first-order valence-corrected chi connectivity index (χ1v) is 11.7. The van der Waals surface area contributed by atoms with Gasteiger partial charge in [-0.3, -0.25) is 9.69 Å². The van der Waals surface area contributed by atoms with Gasteiger partial charge in [-0.25, -0.2) is 19.0 Å². The van der Waals surface area contributed by atoms with Crippen LogP contribution in [0.5, 0.6) is 0 Å². The molecule has 4 rings (SSSR count). The molecule has 178 valence electrons. The minimum absolute atomic E-state index is 0.0184. The average molecular weight is 465 g/mol. The number of halogens is 1. The van der Waals surface area contributed by atoms with Crippen molar-refractivity contribution in [2.24, 2.45) is 0 Å². The number of fused-ring (bicyclic) bond motifs is 1. The first-order valence-electron chi connectivity index (χ1n) is 11.7. The van der Waals surface area contributed by atoms with E-state index in [1.165, 1.54) is 18.5 Å². The molecule has 34 heavy (non-hydrogen) atoms. The fourth-order valence-electron chi connectivity index (χ4n) is 4.36. The molecule has 1 amide bonds. The van der Waals surface area contributed by atoms with E-state index in [1.54, 1.807) is 10.7 Å². The fraction of sp³-hybridized carbons (Fsp3) is 0.458. The van der Waals surface area contributed by atoms with Crippen LogP contribution in [0.2, 0.25) is 0 Å². The Morgan fingerprint density at radius 2 is 1.91 bits per heavy atom. The van der Waals surface area contributed by atoms with Crippen LogP contribution in [0.3, 0.4) is 0 Å². The summed E-state index contributed by atoms with van der Waals surface area (Å²) in [7, 11) is 0. The molecule has 10 heteroatoms. The number of aryl methyl sites for hydroxylation is 1. The van der Waals surface area contributed by atoms with Crippen molar-refractivity contribution in [1.82, 2.24) is 29.5 Å². The summed E-state index contributed by atoms with van der Waals surface area (Å²) in [5, 5.41) is 14.3. The predicted octanol–water partition coefficient (Wildman–Crippen LogP) is 2.81. The number of amides is 1. The molecule has 1 aliphatic rings. The highest BCUT2D eigenvalue weighted by atomic mass is 19.1. The SMILES string of the molecule is CCC(=O)N1CCN(CCCCCn2nc(-c3ccc(C#N)c(F)c3)c3c(N)ncnc32)CC1. The van der Waals surface area contributed by atoms with Crippen molar-refractivity contribution in [3.63, 3.8) is 0 Å². The van der Waals surface area contributed by atoms with E-state index in [2.05, 4.69) is 20.0 Å². The monoisotopic (exact) mass is 464 g/mol. The first kappa shape index (κ1) is 23.6. The minimum atomic E-state index is -0.599. The number of nitrogens with two attached hydrogens (primary N) is 1. The fourth-order valence-corrected chi connectivity index (χ4v) is 4.36. The number of anilines is 1. The van der Waals surface area contributed by atoms with Gasteiger partial charge >= 0.3 is 0 Å². The zero-order valence-electron chi connectivity index (χ0n) is 19.4. The van der Waals surface area contributed by atoms with Crippen molar-refractivity contribution in [3.05, 3.63) is 35.9 Å². The molecule has 0 spiro atoms. The molecule has 9 nitrogen and oxygen atoms in total. The molecular weight excluding hydrogens is 435 g/mol. The molecule has 0 radical (unpaired) electrons. The van der Waals surface area contributed by atoms with E-state index >= 15 is 0 Å². The number of carbonyl (C=O) groups excluding carboxylic acids is 1. The molecule has 1 saturated heterocycles. The Labute approximate surface area is 198 Å². The van der Waals surface area contributed by atoms with Gasteiger partial charge in [0.05, 0.1) is 10.9 Å². The predicted molar refractivity (Wildman–Crippen MR) is 127 cm³/mol. The Kier molecular flexibility index (Phi) is 7.33. The third kappa shape index (κ3) is 4.99. The summed E-state index contributed by atoms with van der Waals surface area (Å²) in [4.78, 5) is 24.6. The number of aromatic nitrogens is 4. The average Bonchev–Trinajstić information content (AvgIpc) is 3.23. The van der Waals surface area contributed by atoms with Crippen molar-refractivity contribution in [2.45, 2.75) is 39.2 Å². The van der Waals surface area contributed by atoms with Gasteiger partial charge in [0, 0.05) is 44.7 Å². The van der Waals surface area contributed by atoms with E-state index in [-0.39, 0.29) is 17.3 Å². The second-order valence-electron chi connectivity index (χ2n) is 8.47. The molecule has 3 aromatic rings. The number of rotatable bonds is 8. The Hall–Kier alpha value is -3.58. The van der Waals surface area contributed by atoms with Gasteiger partial charge in [0.1, 0.15) is 29.7 Å². The van der Waals surface area contributed by atoms with Gasteiger partial charge in [-0.05, 0) is 31.5 Å². The number of piperazine rings is 1. The van der Waals surface area contributed by atoms with Crippen molar-refractivity contribution in [1.29, 1.82) is 5.26 Å². The van der Waals surface area contributed by atoms with Gasteiger partial charge in [-0.1, -0.05) is 19.4 Å². The Bertz CT molecular complexity index is 1210. The van der Waals surface area contributed by atoms with Crippen molar-refractivity contribution in [2.75, 3.05) is 38.5 Å². The second kappa shape index (κ2) is 10.6. The quantitative estimate of drug-likeness (QED) is 0.510. The lowest BCUT2D eigenvalue weighted by molar-refractivity contribution is -0.132. The number of nitriles is 1. The highest BCUT2D eigenvalue weighted by Gasteiger charge is 2.20. The highest BCUT2D eigenvalue weighted by molar-refractivity contribution is 5.98. The normalized spacial score (nSPS) is 14.4. The number of benzene rings is 1. The lowest BCUT2D eigenvalue weighted by atomic mass is 10.1. The number of hydrogen-bond acceptors (Lipinski definition) is 7. The zero-order chi connectivity index (χ0) is 24.1. The van der Waals surface area contributed by atoms with Crippen LogP contribution in [0.1, 0.15) is 38.2 Å². The smallest absolute Gasteiger partial charge is 0.222 e. The number of carbonyl (C=O) groups is 1. The van der Waals surface area contributed by atoms with Crippen LogP contribution >= 0.6 is 0 Å². The molecule has 0 unspecified atom stereocenters. The summed E-state index contributed by atoms with van der Waals surface area (Å²) >= 11 is 0. The number of nitrogen functional groups attached to an aromatic ring is 1. The second-order valence-corrected chi connectivity index (χ2v) is 8.47. The third-order valence-electron chi connectivity index (χ3n) is 6.29. The van der Waals surface area contributed by atoms with E-state index in [9.17, 15) is 9.18 Å². The van der Waals surface area contributed by atoms with Gasteiger partial charge in [0.25, 0.3) is 0 Å². The van der Waals surface area contributed by atoms with Crippen LogP contribution in [0.4, 0.5) is 10.2 Å². The standard InChI is InChI=1S/C24H29FN8O/c1-2-20(34)32-12-10-31(11-13-32)8-4-3-5-9-33-24-21(23(27)28-16-29-24)22(30-33)17-6-7-18(15-26)19(25)14-17/h6-7,14,16H,2-5,8-13H2,1H3,(H2,27,28,29). The summed E-state index contributed by atoms with van der Waals surface area (Å²) in [6, 6.07) is 6.23. The first-order chi connectivity index (χ1) is 16.5. The van der Waals surface area contributed by atoms with Gasteiger partial charge in [0.2, 0.25) is 5.91 Å². The molecule has 2 aromatic heterocycles. The van der Waals surface area contributed by atoms with Crippen molar-refractivity contribution in [3.8, 4) is 17.3 Å². The number of hydrogen-bond donors (Lipinski definition) is 1. The molecule has 0 saturated carbocycles. The highest BCUT2D eigenvalue weighted by Crippen LogP contribution is 2.31. The Morgan fingerprint density at radius 1 is 1.15 bits per heavy atom. The van der Waals surface area contributed by atoms with Crippen molar-refractivity contribution < 1.29 is 9.18 Å². The van der Waals surface area contributed by atoms with E-state index < -0.39 is 5.82 Å². The maximum absolute atomic E-state index is 14.2. The van der Waals surface area contributed by atoms with Crippen LogP contribution < -0.4 is 5.73 Å². The van der Waals surface area contributed by atoms with Crippen LogP contribution in [-0.2, 0) is 11.3 Å². The van der Waals surface area contributed by atoms with E-state index in [4.69, 9.17) is 11.0 Å². The molecule has 3 heterocycles. The zero-order valence-corrected chi connectivity index (χ0v) is 19.4. The van der Waals surface area contributed by atoms with Crippen molar-refractivity contribution >= 4 is 22.8 Å². The lowest BCUT2D eigenvalue weighted by Crippen LogP contribution is -2.48. The van der Waals surface area contributed by atoms with Gasteiger partial charge in [-0.2, -0.15) is 10.4 Å². The molecular formula is C24H29FN8O. The van der Waals surface area contributed by atoms with Gasteiger partial charge in [0.15, 0.2) is 5.65 Å². The van der Waals surface area contributed by atoms with E-state index in [0.29, 0.717) is 35.3 Å². The van der Waals surface area contributed by atoms with Crippen LogP contribution in [0, 0.1) is 17.1 Å². The van der Waals surface area contributed by atoms with Gasteiger partial charge in [-0.15, -0.1) is 0 Å². The molecule has 1 aromatic carbocycles. The maximum atomic E-state index is 14.2. The third-order valence-corrected chi connectivity index (χ3v) is 6.29. The summed E-state index contributed by atoms with van der Waals surface area (Å²) in [6.45, 7) is 7.05. The molecule has 0 bridgehead atoms. The topological polar surface area (TPSA) is 117 Å². The van der Waals surface area contributed by atoms with Crippen LogP contribution in [0.15, 0.2) is 24.5 Å². The van der Waals surface area contributed by atoms with E-state index in [0.717, 1.165) is 52.0 Å². The lowest BCUT2D eigenvalue weighted by Gasteiger charge is -2.34. The Morgan fingerprint density at radius 3 is 2.62 bits per heavy atom. The van der Waals surface area contributed by atoms with Gasteiger partial charge < -0.3 is 10.6 Å². The van der Waals surface area contributed by atoms with E-state index in [1.807, 2.05) is 17.9 Å².